The highest BCUT2D eigenvalue weighted by Gasteiger charge is 2.04. The molecule has 1 rings (SSSR count). The highest BCUT2D eigenvalue weighted by atomic mass is 19.1. The molecule has 0 amide bonds. The Labute approximate surface area is 103 Å². The average molecular weight is 239 g/mol. The highest BCUT2D eigenvalue weighted by Crippen LogP contribution is 2.17. The van der Waals surface area contributed by atoms with Crippen molar-refractivity contribution in [2.24, 2.45) is 5.92 Å². The fraction of sp³-hybridized carbons (Fsp3) is 0.571. The first-order valence-corrected chi connectivity index (χ1v) is 6.14. The number of hydrogen-bond donors (Lipinski definition) is 1. The number of nitrogens with one attached hydrogen (secondary N) is 1. The molecule has 17 heavy (non-hydrogen) atoms. The molecule has 3 heteroatoms. The van der Waals surface area contributed by atoms with E-state index in [1.807, 2.05) is 19.9 Å². The van der Waals surface area contributed by atoms with Crippen molar-refractivity contribution in [2.45, 2.75) is 40.3 Å². The number of rotatable bonds is 6. The largest absolute Gasteiger partial charge is 0.491 e. The predicted octanol–water partition coefficient (Wildman–Crippen LogP) is 3.36. The standard InChI is InChI=1S/C14H22FNO/c1-10(2)8-16-9-12-5-13(15)7-14(6-12)17-11(3)4/h5-7,10-11,16H,8-9H2,1-4H3. The quantitative estimate of drug-likeness (QED) is 0.822. The van der Waals surface area contributed by atoms with Crippen molar-refractivity contribution in [1.82, 2.24) is 5.32 Å². The first-order valence-electron chi connectivity index (χ1n) is 6.14. The molecule has 96 valence electrons. The van der Waals surface area contributed by atoms with E-state index in [-0.39, 0.29) is 11.9 Å². The second kappa shape index (κ2) is 6.60. The van der Waals surface area contributed by atoms with Gasteiger partial charge in [-0.1, -0.05) is 13.8 Å². The Kier molecular flexibility index (Phi) is 5.42. The van der Waals surface area contributed by atoms with E-state index in [4.69, 9.17) is 4.74 Å². The van der Waals surface area contributed by atoms with Crippen molar-refractivity contribution < 1.29 is 9.13 Å². The molecular weight excluding hydrogens is 217 g/mol. The molecule has 0 unspecified atom stereocenters. The number of hydrogen-bond acceptors (Lipinski definition) is 2. The van der Waals surface area contributed by atoms with Crippen LogP contribution in [0.2, 0.25) is 0 Å². The third-order valence-corrected chi connectivity index (χ3v) is 2.18. The van der Waals surface area contributed by atoms with Crippen LogP contribution in [0.5, 0.6) is 5.75 Å². The third-order valence-electron chi connectivity index (χ3n) is 2.18. The van der Waals surface area contributed by atoms with Crippen LogP contribution in [0.4, 0.5) is 4.39 Å². The van der Waals surface area contributed by atoms with Crippen LogP contribution in [-0.2, 0) is 6.54 Å². The summed E-state index contributed by atoms with van der Waals surface area (Å²) < 4.78 is 18.9. The van der Waals surface area contributed by atoms with Gasteiger partial charge in [0, 0.05) is 12.6 Å². The molecule has 0 aliphatic carbocycles. The summed E-state index contributed by atoms with van der Waals surface area (Å²) in [6, 6.07) is 4.85. The van der Waals surface area contributed by atoms with Gasteiger partial charge in [0.15, 0.2) is 0 Å². The molecule has 0 aliphatic heterocycles. The van der Waals surface area contributed by atoms with E-state index in [0.717, 1.165) is 12.1 Å². The summed E-state index contributed by atoms with van der Waals surface area (Å²) in [4.78, 5) is 0. The molecule has 0 heterocycles. The minimum absolute atomic E-state index is 0.0632. The second-order valence-electron chi connectivity index (χ2n) is 4.99. The smallest absolute Gasteiger partial charge is 0.127 e. The number of benzene rings is 1. The van der Waals surface area contributed by atoms with E-state index in [9.17, 15) is 4.39 Å². The monoisotopic (exact) mass is 239 g/mol. The van der Waals surface area contributed by atoms with E-state index in [1.54, 1.807) is 6.07 Å². The zero-order valence-corrected chi connectivity index (χ0v) is 11.1. The van der Waals surface area contributed by atoms with E-state index in [1.165, 1.54) is 6.07 Å². The molecule has 1 N–H and O–H groups in total. The third kappa shape index (κ3) is 5.68. The molecule has 0 bridgehead atoms. The fourth-order valence-electron chi connectivity index (χ4n) is 1.57. The zero-order valence-electron chi connectivity index (χ0n) is 11.1. The van der Waals surface area contributed by atoms with Crippen molar-refractivity contribution in [1.29, 1.82) is 0 Å². The molecule has 0 spiro atoms. The summed E-state index contributed by atoms with van der Waals surface area (Å²) in [6.07, 6.45) is 0.0632. The lowest BCUT2D eigenvalue weighted by Crippen LogP contribution is -2.19. The SMILES string of the molecule is CC(C)CNCc1cc(F)cc(OC(C)C)c1. The van der Waals surface area contributed by atoms with Crippen LogP contribution in [0.15, 0.2) is 18.2 Å². The molecule has 0 atom stereocenters. The Morgan fingerprint density at radius 3 is 2.47 bits per heavy atom. The molecule has 2 nitrogen and oxygen atoms in total. The van der Waals surface area contributed by atoms with Crippen LogP contribution in [0, 0.1) is 11.7 Å². The van der Waals surface area contributed by atoms with Crippen molar-refractivity contribution in [3.05, 3.63) is 29.6 Å². The van der Waals surface area contributed by atoms with Gasteiger partial charge in [-0.25, -0.2) is 4.39 Å². The first-order chi connectivity index (χ1) is 7.97. The van der Waals surface area contributed by atoms with Gasteiger partial charge in [-0.15, -0.1) is 0 Å². The maximum atomic E-state index is 13.4. The van der Waals surface area contributed by atoms with Gasteiger partial charge in [0.1, 0.15) is 11.6 Å². The summed E-state index contributed by atoms with van der Waals surface area (Å²) in [7, 11) is 0. The molecule has 1 aromatic carbocycles. The lowest BCUT2D eigenvalue weighted by Gasteiger charge is -2.12. The van der Waals surface area contributed by atoms with Crippen LogP contribution in [0.25, 0.3) is 0 Å². The lowest BCUT2D eigenvalue weighted by atomic mass is 10.2. The first kappa shape index (κ1) is 14.0. The minimum Gasteiger partial charge on any atom is -0.491 e. The van der Waals surface area contributed by atoms with Crippen molar-refractivity contribution in [3.8, 4) is 5.75 Å². The van der Waals surface area contributed by atoms with Gasteiger partial charge in [0.25, 0.3) is 0 Å². The summed E-state index contributed by atoms with van der Waals surface area (Å²) in [5.41, 5.74) is 0.918. The Hall–Kier alpha value is -1.09. The summed E-state index contributed by atoms with van der Waals surface area (Å²) in [5, 5.41) is 3.29. The number of halogens is 1. The Bertz CT molecular complexity index is 350. The van der Waals surface area contributed by atoms with Gasteiger partial charge in [0.05, 0.1) is 6.10 Å². The van der Waals surface area contributed by atoms with E-state index in [0.29, 0.717) is 18.2 Å². The maximum absolute atomic E-state index is 13.4. The van der Waals surface area contributed by atoms with Gasteiger partial charge >= 0.3 is 0 Å². The van der Waals surface area contributed by atoms with Gasteiger partial charge in [-0.05, 0) is 44.0 Å². The Morgan fingerprint density at radius 2 is 1.88 bits per heavy atom. The Morgan fingerprint density at radius 1 is 1.18 bits per heavy atom. The molecule has 0 fully saturated rings. The second-order valence-corrected chi connectivity index (χ2v) is 4.99. The predicted molar refractivity (Wildman–Crippen MR) is 68.7 cm³/mol. The summed E-state index contributed by atoms with van der Waals surface area (Å²) >= 11 is 0. The van der Waals surface area contributed by atoms with E-state index in [2.05, 4.69) is 19.2 Å². The fourth-order valence-corrected chi connectivity index (χ4v) is 1.57. The van der Waals surface area contributed by atoms with Crippen LogP contribution in [-0.4, -0.2) is 12.6 Å². The maximum Gasteiger partial charge on any atom is 0.127 e. The van der Waals surface area contributed by atoms with Gasteiger partial charge < -0.3 is 10.1 Å². The zero-order chi connectivity index (χ0) is 12.8. The van der Waals surface area contributed by atoms with Gasteiger partial charge in [-0.2, -0.15) is 0 Å². The summed E-state index contributed by atoms with van der Waals surface area (Å²) in [6.45, 7) is 9.75. The average Bonchev–Trinajstić information content (AvgIpc) is 2.14. The molecule has 0 aromatic heterocycles. The highest BCUT2D eigenvalue weighted by molar-refractivity contribution is 5.29. The normalized spacial score (nSPS) is 11.2. The van der Waals surface area contributed by atoms with Gasteiger partial charge in [0.2, 0.25) is 0 Å². The van der Waals surface area contributed by atoms with Crippen LogP contribution in [0.3, 0.4) is 0 Å². The summed E-state index contributed by atoms with van der Waals surface area (Å²) in [5.74, 6) is 0.945. The van der Waals surface area contributed by atoms with Crippen LogP contribution < -0.4 is 10.1 Å². The van der Waals surface area contributed by atoms with Crippen LogP contribution in [0.1, 0.15) is 33.3 Å². The molecule has 0 aliphatic rings. The molecule has 0 radical (unpaired) electrons. The minimum atomic E-state index is -0.246. The topological polar surface area (TPSA) is 21.3 Å². The lowest BCUT2D eigenvalue weighted by molar-refractivity contribution is 0.241. The van der Waals surface area contributed by atoms with Gasteiger partial charge in [-0.3, -0.25) is 0 Å². The number of ether oxygens (including phenoxy) is 1. The Balaban J connectivity index is 2.62. The van der Waals surface area contributed by atoms with Crippen molar-refractivity contribution >= 4 is 0 Å². The molecular formula is C14H22FNO. The molecule has 0 saturated heterocycles. The molecule has 1 aromatic rings. The van der Waals surface area contributed by atoms with E-state index >= 15 is 0 Å². The molecule has 0 saturated carbocycles. The van der Waals surface area contributed by atoms with Crippen molar-refractivity contribution in [2.75, 3.05) is 6.54 Å². The van der Waals surface area contributed by atoms with Crippen molar-refractivity contribution in [3.63, 3.8) is 0 Å². The van der Waals surface area contributed by atoms with E-state index < -0.39 is 0 Å². The van der Waals surface area contributed by atoms with Crippen LogP contribution >= 0.6 is 0 Å².